The summed E-state index contributed by atoms with van der Waals surface area (Å²) < 4.78 is 9.73. The third-order valence-electron chi connectivity index (χ3n) is 0.979. The Balaban J connectivity index is 2.35. The summed E-state index contributed by atoms with van der Waals surface area (Å²) in [5, 5.41) is 0. The molecule has 1 aliphatic heterocycles. The van der Waals surface area contributed by atoms with E-state index >= 15 is 0 Å². The van der Waals surface area contributed by atoms with Crippen molar-refractivity contribution in [2.24, 2.45) is 0 Å². The summed E-state index contributed by atoms with van der Waals surface area (Å²) in [5.74, 6) is 0.240. The zero-order valence-electron chi connectivity index (χ0n) is 5.50. The molecule has 0 aromatic carbocycles. The number of hydrogen-bond acceptors (Lipinski definition) is 3. The minimum atomic E-state index is -0.0564. The average molecular weight is 140 g/mol. The number of carbonyl (C=O) groups is 1. The number of ketones is 1. The van der Waals surface area contributed by atoms with E-state index in [1.165, 1.54) is 6.08 Å². The van der Waals surface area contributed by atoms with Gasteiger partial charge in [-0.1, -0.05) is 12.7 Å². The van der Waals surface area contributed by atoms with E-state index in [2.05, 4.69) is 6.58 Å². The van der Waals surface area contributed by atoms with Gasteiger partial charge < -0.3 is 9.47 Å². The van der Waals surface area contributed by atoms with Crippen LogP contribution in [0.2, 0.25) is 0 Å². The minimum Gasteiger partial charge on any atom is -0.461 e. The summed E-state index contributed by atoms with van der Waals surface area (Å²) in [4.78, 5) is 10.5. The number of carbonyl (C=O) groups excluding carboxylic acids is 1. The van der Waals surface area contributed by atoms with Gasteiger partial charge in [0, 0.05) is 0 Å². The maximum atomic E-state index is 10.5. The fourth-order valence-corrected chi connectivity index (χ4v) is 0.581. The van der Waals surface area contributed by atoms with E-state index < -0.39 is 0 Å². The van der Waals surface area contributed by atoms with E-state index in [1.807, 2.05) is 0 Å². The minimum absolute atomic E-state index is 0.0564. The first kappa shape index (κ1) is 6.86. The molecule has 1 aliphatic rings. The number of ether oxygens (including phenoxy) is 2. The largest absolute Gasteiger partial charge is 0.461 e. The molecular formula is C7H8O3. The topological polar surface area (TPSA) is 35.5 Å². The summed E-state index contributed by atoms with van der Waals surface area (Å²) >= 11 is 0. The molecule has 0 radical (unpaired) electrons. The smallest absolute Gasteiger partial charge is 0.283 e. The Labute approximate surface area is 58.9 Å². The van der Waals surface area contributed by atoms with Gasteiger partial charge in [-0.25, -0.2) is 0 Å². The van der Waals surface area contributed by atoms with Crippen LogP contribution in [-0.2, 0) is 14.3 Å². The third-order valence-corrected chi connectivity index (χ3v) is 0.979. The first-order valence-corrected chi connectivity index (χ1v) is 2.94. The van der Waals surface area contributed by atoms with Crippen molar-refractivity contribution < 1.29 is 14.3 Å². The van der Waals surface area contributed by atoms with Crippen molar-refractivity contribution in [3.8, 4) is 0 Å². The highest BCUT2D eigenvalue weighted by molar-refractivity contribution is 5.92. The Morgan fingerprint density at radius 2 is 2.70 bits per heavy atom. The zero-order chi connectivity index (χ0) is 7.40. The quantitative estimate of drug-likeness (QED) is 0.539. The molecule has 3 nitrogen and oxygen atoms in total. The lowest BCUT2D eigenvalue weighted by molar-refractivity contribution is -0.116. The maximum Gasteiger partial charge on any atom is 0.283 e. The van der Waals surface area contributed by atoms with Crippen LogP contribution >= 0.6 is 0 Å². The first-order valence-electron chi connectivity index (χ1n) is 2.94. The molecule has 1 heterocycles. The lowest BCUT2D eigenvalue weighted by Crippen LogP contribution is -1.94. The van der Waals surface area contributed by atoms with Crippen LogP contribution in [0.4, 0.5) is 0 Å². The highest BCUT2D eigenvalue weighted by Crippen LogP contribution is 2.06. The van der Waals surface area contributed by atoms with Gasteiger partial charge in [0.15, 0.2) is 12.4 Å². The predicted octanol–water partition coefficient (Wildman–Crippen LogP) is 0.630. The normalized spacial score (nSPS) is 16.0. The van der Waals surface area contributed by atoms with Crippen LogP contribution in [0.1, 0.15) is 0 Å². The lowest BCUT2D eigenvalue weighted by Gasteiger charge is -2.01. The molecule has 1 rings (SSSR count). The molecule has 0 amide bonds. The fourth-order valence-electron chi connectivity index (χ4n) is 0.581. The van der Waals surface area contributed by atoms with Gasteiger partial charge in [-0.3, -0.25) is 4.79 Å². The monoisotopic (exact) mass is 140 g/mol. The zero-order valence-corrected chi connectivity index (χ0v) is 5.50. The van der Waals surface area contributed by atoms with Crippen molar-refractivity contribution in [1.29, 1.82) is 0 Å². The summed E-state index contributed by atoms with van der Waals surface area (Å²) in [5.41, 5.74) is 0. The van der Waals surface area contributed by atoms with E-state index in [1.54, 1.807) is 6.08 Å². The molecule has 0 atom stereocenters. The molecule has 0 unspecified atom stereocenters. The molecule has 0 spiro atoms. The Morgan fingerprint density at radius 3 is 3.20 bits per heavy atom. The van der Waals surface area contributed by atoms with Crippen molar-refractivity contribution in [2.45, 2.75) is 0 Å². The number of hydrogen-bond donors (Lipinski definition) is 0. The average Bonchev–Trinajstić information content (AvgIpc) is 2.31. The van der Waals surface area contributed by atoms with Crippen molar-refractivity contribution >= 4 is 5.78 Å². The van der Waals surface area contributed by atoms with Gasteiger partial charge in [0.1, 0.15) is 6.61 Å². The van der Waals surface area contributed by atoms with E-state index in [9.17, 15) is 4.79 Å². The molecule has 54 valence electrons. The van der Waals surface area contributed by atoms with Crippen molar-refractivity contribution in [1.82, 2.24) is 0 Å². The highest BCUT2D eigenvalue weighted by atomic mass is 16.7. The second-order valence-electron chi connectivity index (χ2n) is 1.82. The Morgan fingerprint density at radius 1 is 1.90 bits per heavy atom. The van der Waals surface area contributed by atoms with Crippen molar-refractivity contribution in [3.63, 3.8) is 0 Å². The Hall–Kier alpha value is -1.25. The lowest BCUT2D eigenvalue weighted by atomic mass is 10.4. The second kappa shape index (κ2) is 3.06. The van der Waals surface area contributed by atoms with Gasteiger partial charge in [0.25, 0.3) is 5.95 Å². The van der Waals surface area contributed by atoms with Gasteiger partial charge in [-0.2, -0.15) is 0 Å². The van der Waals surface area contributed by atoms with Crippen LogP contribution in [0, 0.1) is 0 Å². The molecule has 0 saturated heterocycles. The third kappa shape index (κ3) is 1.62. The van der Waals surface area contributed by atoms with Gasteiger partial charge in [0.05, 0.1) is 6.08 Å². The molecule has 10 heavy (non-hydrogen) atoms. The molecule has 3 heteroatoms. The van der Waals surface area contributed by atoms with E-state index in [0.29, 0.717) is 12.6 Å². The van der Waals surface area contributed by atoms with E-state index in [-0.39, 0.29) is 12.4 Å². The van der Waals surface area contributed by atoms with Crippen LogP contribution in [0.5, 0.6) is 0 Å². The first-order chi connectivity index (χ1) is 4.83. The van der Waals surface area contributed by atoms with Crippen LogP contribution < -0.4 is 0 Å². The van der Waals surface area contributed by atoms with Crippen LogP contribution in [0.25, 0.3) is 0 Å². The predicted molar refractivity (Wildman–Crippen MR) is 35.2 cm³/mol. The molecule has 0 fully saturated rings. The number of rotatable bonds is 3. The van der Waals surface area contributed by atoms with Gasteiger partial charge >= 0.3 is 0 Å². The van der Waals surface area contributed by atoms with Crippen LogP contribution in [0.15, 0.2) is 24.7 Å². The molecule has 0 aromatic heterocycles. The Bertz CT molecular complexity index is 181. The molecular weight excluding hydrogens is 132 g/mol. The molecule has 0 aromatic rings. The second-order valence-corrected chi connectivity index (χ2v) is 1.82. The van der Waals surface area contributed by atoms with Crippen molar-refractivity contribution in [2.75, 3.05) is 13.2 Å². The summed E-state index contributed by atoms with van der Waals surface area (Å²) in [7, 11) is 0. The summed E-state index contributed by atoms with van der Waals surface area (Å²) in [6, 6.07) is 0. The molecule has 0 N–H and O–H groups in total. The van der Waals surface area contributed by atoms with Gasteiger partial charge in [-0.05, 0) is 0 Å². The molecule has 0 saturated carbocycles. The summed E-state index contributed by atoms with van der Waals surface area (Å²) in [6.45, 7) is 3.93. The molecule has 0 aliphatic carbocycles. The Kier molecular flexibility index (Phi) is 2.10. The summed E-state index contributed by atoms with van der Waals surface area (Å²) in [6.07, 6.45) is 2.93. The van der Waals surface area contributed by atoms with Crippen LogP contribution in [-0.4, -0.2) is 19.0 Å². The fraction of sp³-hybridized carbons (Fsp3) is 0.286. The van der Waals surface area contributed by atoms with Gasteiger partial charge in [-0.15, -0.1) is 0 Å². The van der Waals surface area contributed by atoms with E-state index in [0.717, 1.165) is 0 Å². The van der Waals surface area contributed by atoms with E-state index in [4.69, 9.17) is 9.47 Å². The van der Waals surface area contributed by atoms with Gasteiger partial charge in [0.2, 0.25) is 0 Å². The highest BCUT2D eigenvalue weighted by Gasteiger charge is 2.12. The maximum absolute atomic E-state index is 10.5. The van der Waals surface area contributed by atoms with Crippen LogP contribution in [0.3, 0.4) is 0 Å². The van der Waals surface area contributed by atoms with Crippen molar-refractivity contribution in [3.05, 3.63) is 24.7 Å². The molecule has 0 bridgehead atoms. The SMILES string of the molecule is C=CCOC1=CC(=O)CO1. The standard InChI is InChI=1S/C7H8O3/c1-2-3-9-7-4-6(8)5-10-7/h2,4H,1,3,5H2.